The van der Waals surface area contributed by atoms with Gasteiger partial charge in [-0.3, -0.25) is 9.69 Å². The number of ether oxygens (including phenoxy) is 1. The molecule has 1 aromatic rings. The SMILES string of the molecule is CCCN(CCC)C(=O)C(c1cccc(OC)c1)N1CCNC(C)C1. The number of rotatable bonds is 8. The van der Waals surface area contributed by atoms with E-state index in [-0.39, 0.29) is 11.9 Å². The quantitative estimate of drug-likeness (QED) is 0.785. The first kappa shape index (κ1) is 19.7. The number of hydrogen-bond donors (Lipinski definition) is 1. The number of methoxy groups -OCH3 is 1. The molecule has 2 unspecified atom stereocenters. The maximum Gasteiger partial charge on any atom is 0.244 e. The van der Waals surface area contributed by atoms with Crippen molar-refractivity contribution in [2.24, 2.45) is 0 Å². The standard InChI is InChI=1S/C20H33N3O2/c1-5-11-22(12-6-2)20(24)19(23-13-10-21-16(3)15-23)17-8-7-9-18(14-17)25-4/h7-9,14,16,19,21H,5-6,10-13,15H2,1-4H3. The summed E-state index contributed by atoms with van der Waals surface area (Å²) >= 11 is 0. The Kier molecular flexibility index (Phi) is 7.72. The molecule has 25 heavy (non-hydrogen) atoms. The fourth-order valence-electron chi connectivity index (χ4n) is 3.56. The first-order valence-electron chi connectivity index (χ1n) is 9.50. The maximum atomic E-state index is 13.5. The van der Waals surface area contributed by atoms with Crippen molar-refractivity contribution in [1.29, 1.82) is 0 Å². The third-order valence-electron chi connectivity index (χ3n) is 4.71. The minimum Gasteiger partial charge on any atom is -0.497 e. The molecule has 1 saturated heterocycles. The second kappa shape index (κ2) is 9.78. The zero-order valence-corrected chi connectivity index (χ0v) is 16.1. The molecule has 140 valence electrons. The van der Waals surface area contributed by atoms with Crippen LogP contribution < -0.4 is 10.1 Å². The zero-order valence-electron chi connectivity index (χ0n) is 16.1. The molecule has 0 radical (unpaired) electrons. The minimum atomic E-state index is -0.238. The van der Waals surface area contributed by atoms with Gasteiger partial charge in [0.2, 0.25) is 5.91 Å². The summed E-state index contributed by atoms with van der Waals surface area (Å²) in [5.41, 5.74) is 1.02. The van der Waals surface area contributed by atoms with Gasteiger partial charge >= 0.3 is 0 Å². The summed E-state index contributed by atoms with van der Waals surface area (Å²) in [6, 6.07) is 8.11. The highest BCUT2D eigenvalue weighted by Crippen LogP contribution is 2.27. The summed E-state index contributed by atoms with van der Waals surface area (Å²) in [7, 11) is 1.67. The van der Waals surface area contributed by atoms with E-state index in [1.165, 1.54) is 0 Å². The van der Waals surface area contributed by atoms with Gasteiger partial charge in [0.15, 0.2) is 0 Å². The number of benzene rings is 1. The van der Waals surface area contributed by atoms with Crippen LogP contribution >= 0.6 is 0 Å². The fourth-order valence-corrected chi connectivity index (χ4v) is 3.56. The summed E-state index contributed by atoms with van der Waals surface area (Å²) in [5.74, 6) is 1.02. The summed E-state index contributed by atoms with van der Waals surface area (Å²) in [6.07, 6.45) is 1.96. The molecular formula is C20H33N3O2. The largest absolute Gasteiger partial charge is 0.497 e. The van der Waals surface area contributed by atoms with E-state index in [0.29, 0.717) is 6.04 Å². The average Bonchev–Trinajstić information content (AvgIpc) is 2.62. The molecule has 0 aliphatic carbocycles. The van der Waals surface area contributed by atoms with E-state index in [0.717, 1.165) is 56.9 Å². The predicted molar refractivity (Wildman–Crippen MR) is 102 cm³/mol. The summed E-state index contributed by atoms with van der Waals surface area (Å²) in [6.45, 7) is 10.7. The molecule has 1 aliphatic heterocycles. The number of nitrogens with one attached hydrogen (secondary N) is 1. The molecule has 1 fully saturated rings. The molecule has 0 spiro atoms. The van der Waals surface area contributed by atoms with Crippen LogP contribution in [-0.4, -0.2) is 61.6 Å². The Morgan fingerprint density at radius 1 is 1.36 bits per heavy atom. The number of carbonyl (C=O) groups excluding carboxylic acids is 1. The van der Waals surface area contributed by atoms with E-state index in [1.807, 2.05) is 29.2 Å². The molecule has 1 N–H and O–H groups in total. The molecule has 0 aromatic heterocycles. The molecule has 0 bridgehead atoms. The topological polar surface area (TPSA) is 44.8 Å². The van der Waals surface area contributed by atoms with Gasteiger partial charge in [-0.25, -0.2) is 0 Å². The normalized spacial score (nSPS) is 19.4. The van der Waals surface area contributed by atoms with Crippen molar-refractivity contribution in [2.45, 2.75) is 45.7 Å². The Morgan fingerprint density at radius 2 is 2.08 bits per heavy atom. The highest BCUT2D eigenvalue weighted by Gasteiger charge is 2.33. The van der Waals surface area contributed by atoms with Gasteiger partial charge in [-0.1, -0.05) is 26.0 Å². The third-order valence-corrected chi connectivity index (χ3v) is 4.71. The molecule has 5 heteroatoms. The third kappa shape index (κ3) is 5.19. The molecule has 2 rings (SSSR count). The number of carbonyl (C=O) groups is 1. The van der Waals surface area contributed by atoms with E-state index in [4.69, 9.17) is 4.74 Å². The monoisotopic (exact) mass is 347 g/mol. The average molecular weight is 348 g/mol. The van der Waals surface area contributed by atoms with Crippen molar-refractivity contribution in [3.05, 3.63) is 29.8 Å². The van der Waals surface area contributed by atoms with Gasteiger partial charge in [0.1, 0.15) is 11.8 Å². The molecular weight excluding hydrogens is 314 g/mol. The van der Waals surface area contributed by atoms with Crippen molar-refractivity contribution < 1.29 is 9.53 Å². The lowest BCUT2D eigenvalue weighted by Crippen LogP contribution is -2.53. The number of piperazine rings is 1. The van der Waals surface area contributed by atoms with E-state index in [9.17, 15) is 4.79 Å². The van der Waals surface area contributed by atoms with Crippen molar-refractivity contribution in [3.8, 4) is 5.75 Å². The van der Waals surface area contributed by atoms with E-state index in [2.05, 4.69) is 31.0 Å². The van der Waals surface area contributed by atoms with Crippen LogP contribution in [0, 0.1) is 0 Å². The highest BCUT2D eigenvalue weighted by molar-refractivity contribution is 5.83. The molecule has 1 amide bonds. The molecule has 2 atom stereocenters. The van der Waals surface area contributed by atoms with Gasteiger partial charge in [-0.05, 0) is 37.5 Å². The Hall–Kier alpha value is -1.59. The van der Waals surface area contributed by atoms with Gasteiger partial charge < -0.3 is 15.0 Å². The van der Waals surface area contributed by atoms with Crippen molar-refractivity contribution in [2.75, 3.05) is 39.8 Å². The summed E-state index contributed by atoms with van der Waals surface area (Å²) < 4.78 is 5.39. The van der Waals surface area contributed by atoms with Crippen molar-refractivity contribution in [3.63, 3.8) is 0 Å². The first-order valence-corrected chi connectivity index (χ1v) is 9.50. The fraction of sp³-hybridized carbons (Fsp3) is 0.650. The number of amides is 1. The lowest BCUT2D eigenvalue weighted by atomic mass is 10.0. The van der Waals surface area contributed by atoms with Crippen LogP contribution in [0.25, 0.3) is 0 Å². The van der Waals surface area contributed by atoms with Crippen LogP contribution in [0.5, 0.6) is 5.75 Å². The van der Waals surface area contributed by atoms with Crippen LogP contribution in [-0.2, 0) is 4.79 Å². The van der Waals surface area contributed by atoms with Crippen LogP contribution in [0.15, 0.2) is 24.3 Å². The molecule has 0 saturated carbocycles. The van der Waals surface area contributed by atoms with Gasteiger partial charge in [0.25, 0.3) is 0 Å². The molecule has 1 heterocycles. The lowest BCUT2D eigenvalue weighted by molar-refractivity contribution is -0.138. The van der Waals surface area contributed by atoms with Crippen molar-refractivity contribution >= 4 is 5.91 Å². The van der Waals surface area contributed by atoms with E-state index >= 15 is 0 Å². The smallest absolute Gasteiger partial charge is 0.244 e. The maximum absolute atomic E-state index is 13.5. The van der Waals surface area contributed by atoms with Gasteiger partial charge in [-0.15, -0.1) is 0 Å². The molecule has 1 aromatic carbocycles. The van der Waals surface area contributed by atoms with Gasteiger partial charge in [0.05, 0.1) is 7.11 Å². The highest BCUT2D eigenvalue weighted by atomic mass is 16.5. The minimum absolute atomic E-state index is 0.214. The van der Waals surface area contributed by atoms with E-state index in [1.54, 1.807) is 7.11 Å². The molecule has 5 nitrogen and oxygen atoms in total. The van der Waals surface area contributed by atoms with Crippen LogP contribution in [0.3, 0.4) is 0 Å². The van der Waals surface area contributed by atoms with Gasteiger partial charge in [0, 0.05) is 38.8 Å². The second-order valence-electron chi connectivity index (χ2n) is 6.85. The van der Waals surface area contributed by atoms with Crippen LogP contribution in [0.1, 0.15) is 45.2 Å². The Morgan fingerprint density at radius 3 is 2.68 bits per heavy atom. The first-order chi connectivity index (χ1) is 12.1. The Balaban J connectivity index is 2.34. The second-order valence-corrected chi connectivity index (χ2v) is 6.85. The lowest BCUT2D eigenvalue weighted by Gasteiger charge is -2.39. The summed E-state index contributed by atoms with van der Waals surface area (Å²) in [5, 5.41) is 3.47. The number of hydrogen-bond acceptors (Lipinski definition) is 4. The van der Waals surface area contributed by atoms with Crippen LogP contribution in [0.2, 0.25) is 0 Å². The number of nitrogens with zero attached hydrogens (tertiary/aromatic N) is 2. The molecule has 1 aliphatic rings. The zero-order chi connectivity index (χ0) is 18.2. The van der Waals surface area contributed by atoms with E-state index < -0.39 is 0 Å². The Labute approximate surface area is 152 Å². The predicted octanol–water partition coefficient (Wildman–Crippen LogP) is 2.68. The van der Waals surface area contributed by atoms with Gasteiger partial charge in [-0.2, -0.15) is 0 Å². The summed E-state index contributed by atoms with van der Waals surface area (Å²) in [4.78, 5) is 17.8. The Bertz CT molecular complexity index is 543. The van der Waals surface area contributed by atoms with Crippen LogP contribution in [0.4, 0.5) is 0 Å². The van der Waals surface area contributed by atoms with Crippen molar-refractivity contribution in [1.82, 2.24) is 15.1 Å².